The van der Waals surface area contributed by atoms with Gasteiger partial charge in [0.15, 0.2) is 0 Å². The Kier molecular flexibility index (Phi) is 3.93. The Morgan fingerprint density at radius 2 is 2.24 bits per heavy atom. The van der Waals surface area contributed by atoms with E-state index < -0.39 is 0 Å². The van der Waals surface area contributed by atoms with Crippen molar-refractivity contribution < 1.29 is 4.52 Å². The molecule has 0 atom stereocenters. The average molecular weight is 273 g/mol. The van der Waals surface area contributed by atoms with Crippen molar-refractivity contribution >= 4 is 23.2 Å². The van der Waals surface area contributed by atoms with Crippen molar-refractivity contribution in [2.24, 2.45) is 0 Å². The molecule has 2 aromatic rings. The van der Waals surface area contributed by atoms with E-state index in [1.165, 1.54) is 6.20 Å². The first-order valence-electron chi connectivity index (χ1n) is 5.05. The van der Waals surface area contributed by atoms with E-state index in [9.17, 15) is 0 Å². The van der Waals surface area contributed by atoms with Crippen molar-refractivity contribution in [3.8, 4) is 11.5 Å². The molecule has 7 heteroatoms. The molecule has 0 amide bonds. The minimum absolute atomic E-state index is 0.361. The molecule has 5 nitrogen and oxygen atoms in total. The largest absolute Gasteiger partial charge is 0.337 e. The van der Waals surface area contributed by atoms with Crippen molar-refractivity contribution in [3.63, 3.8) is 0 Å². The molecule has 0 saturated heterocycles. The van der Waals surface area contributed by atoms with Crippen molar-refractivity contribution in [2.45, 2.75) is 13.5 Å². The molecule has 0 aliphatic rings. The molecule has 2 rings (SSSR count). The maximum absolute atomic E-state index is 5.99. The molecule has 90 valence electrons. The molecule has 2 aromatic heterocycles. The molecular weight excluding hydrogens is 263 g/mol. The fraction of sp³-hybridized carbons (Fsp3) is 0.300. The zero-order valence-corrected chi connectivity index (χ0v) is 10.6. The lowest BCUT2D eigenvalue weighted by atomic mass is 10.3. The molecule has 0 saturated carbocycles. The first kappa shape index (κ1) is 12.3. The number of pyridine rings is 1. The van der Waals surface area contributed by atoms with Gasteiger partial charge >= 0.3 is 0 Å². The van der Waals surface area contributed by atoms with Crippen LogP contribution in [0.5, 0.6) is 0 Å². The van der Waals surface area contributed by atoms with Crippen LogP contribution in [0.4, 0.5) is 0 Å². The highest BCUT2D eigenvalue weighted by Gasteiger charge is 2.13. The van der Waals surface area contributed by atoms with Gasteiger partial charge in [0.1, 0.15) is 5.69 Å². The third-order valence-corrected chi connectivity index (χ3v) is 2.51. The highest BCUT2D eigenvalue weighted by molar-refractivity contribution is 6.35. The summed E-state index contributed by atoms with van der Waals surface area (Å²) >= 11 is 11.8. The van der Waals surface area contributed by atoms with Crippen LogP contribution in [0.2, 0.25) is 10.0 Å². The standard InChI is InChI=1S/C10H10Cl2N4O/c1-2-13-5-8-15-10(16-17-8)9-7(12)3-6(11)4-14-9/h3-4,13H,2,5H2,1H3. The molecule has 0 radical (unpaired) electrons. The molecular formula is C10H10Cl2N4O. The molecule has 0 aliphatic carbocycles. The normalized spacial score (nSPS) is 10.8. The number of nitrogens with zero attached hydrogens (tertiary/aromatic N) is 3. The number of nitrogens with one attached hydrogen (secondary N) is 1. The van der Waals surface area contributed by atoms with Gasteiger partial charge < -0.3 is 9.84 Å². The van der Waals surface area contributed by atoms with Crippen LogP contribution in [0.15, 0.2) is 16.8 Å². The Balaban J connectivity index is 2.24. The Morgan fingerprint density at radius 3 is 2.94 bits per heavy atom. The van der Waals surface area contributed by atoms with Gasteiger partial charge in [-0.25, -0.2) is 4.98 Å². The summed E-state index contributed by atoms with van der Waals surface area (Å²) in [7, 11) is 0. The van der Waals surface area contributed by atoms with E-state index >= 15 is 0 Å². The van der Waals surface area contributed by atoms with Gasteiger partial charge in [-0.1, -0.05) is 35.3 Å². The van der Waals surface area contributed by atoms with E-state index in [1.54, 1.807) is 6.07 Å². The quantitative estimate of drug-likeness (QED) is 0.927. The lowest BCUT2D eigenvalue weighted by molar-refractivity contribution is 0.369. The zero-order valence-electron chi connectivity index (χ0n) is 9.07. The highest BCUT2D eigenvalue weighted by atomic mass is 35.5. The van der Waals surface area contributed by atoms with Crippen molar-refractivity contribution in [3.05, 3.63) is 28.2 Å². The minimum atomic E-state index is 0.361. The molecule has 0 bridgehead atoms. The first-order valence-corrected chi connectivity index (χ1v) is 5.81. The Bertz CT molecular complexity index is 515. The lowest BCUT2D eigenvalue weighted by Crippen LogP contribution is -2.11. The summed E-state index contributed by atoms with van der Waals surface area (Å²) in [5.41, 5.74) is 0.461. The van der Waals surface area contributed by atoms with Crippen LogP contribution in [0, 0.1) is 0 Å². The summed E-state index contributed by atoms with van der Waals surface area (Å²) in [5.74, 6) is 0.856. The number of hydrogen-bond acceptors (Lipinski definition) is 5. The SMILES string of the molecule is CCNCc1nc(-c2ncc(Cl)cc2Cl)no1. The van der Waals surface area contributed by atoms with Crippen molar-refractivity contribution in [1.82, 2.24) is 20.4 Å². The van der Waals surface area contributed by atoms with Gasteiger partial charge in [-0.2, -0.15) is 4.98 Å². The van der Waals surface area contributed by atoms with E-state index in [1.807, 2.05) is 6.92 Å². The van der Waals surface area contributed by atoms with E-state index in [2.05, 4.69) is 20.4 Å². The summed E-state index contributed by atoms with van der Waals surface area (Å²) in [6, 6.07) is 1.59. The number of aromatic nitrogens is 3. The fourth-order valence-electron chi connectivity index (χ4n) is 1.23. The van der Waals surface area contributed by atoms with Gasteiger partial charge in [-0.05, 0) is 12.6 Å². The molecule has 0 unspecified atom stereocenters. The average Bonchev–Trinajstić information content (AvgIpc) is 2.75. The van der Waals surface area contributed by atoms with Crippen LogP contribution in [0.3, 0.4) is 0 Å². The van der Waals surface area contributed by atoms with E-state index in [-0.39, 0.29) is 0 Å². The Morgan fingerprint density at radius 1 is 1.41 bits per heavy atom. The van der Waals surface area contributed by atoms with Crippen molar-refractivity contribution in [1.29, 1.82) is 0 Å². The predicted molar refractivity (Wildman–Crippen MR) is 64.9 cm³/mol. The molecule has 17 heavy (non-hydrogen) atoms. The van der Waals surface area contributed by atoms with Crippen LogP contribution in [0.25, 0.3) is 11.5 Å². The molecule has 0 aliphatic heterocycles. The second kappa shape index (κ2) is 5.44. The highest BCUT2D eigenvalue weighted by Crippen LogP contribution is 2.25. The number of rotatable bonds is 4. The number of halogens is 2. The minimum Gasteiger partial charge on any atom is -0.337 e. The topological polar surface area (TPSA) is 63.8 Å². The summed E-state index contributed by atoms with van der Waals surface area (Å²) in [5, 5.41) is 7.76. The third-order valence-electron chi connectivity index (χ3n) is 2.01. The summed E-state index contributed by atoms with van der Waals surface area (Å²) in [6.45, 7) is 3.35. The van der Waals surface area contributed by atoms with Crippen LogP contribution in [-0.2, 0) is 6.54 Å². The molecule has 2 heterocycles. The second-order valence-corrected chi connectivity index (χ2v) is 4.12. The van der Waals surface area contributed by atoms with Gasteiger partial charge in [0.25, 0.3) is 0 Å². The van der Waals surface area contributed by atoms with Gasteiger partial charge in [0.2, 0.25) is 11.7 Å². The first-order chi connectivity index (χ1) is 8.20. The number of hydrogen-bond donors (Lipinski definition) is 1. The van der Waals surface area contributed by atoms with Crippen LogP contribution >= 0.6 is 23.2 Å². The zero-order chi connectivity index (χ0) is 12.3. The summed E-state index contributed by atoms with van der Waals surface area (Å²) in [4.78, 5) is 8.25. The molecule has 0 fully saturated rings. The van der Waals surface area contributed by atoms with Crippen LogP contribution in [0.1, 0.15) is 12.8 Å². The Labute approximate surface area is 108 Å². The lowest BCUT2D eigenvalue weighted by Gasteiger charge is -1.97. The fourth-order valence-corrected chi connectivity index (χ4v) is 1.70. The smallest absolute Gasteiger partial charge is 0.240 e. The van der Waals surface area contributed by atoms with Crippen LogP contribution in [-0.4, -0.2) is 21.7 Å². The molecule has 0 aromatic carbocycles. The van der Waals surface area contributed by atoms with Gasteiger partial charge in [-0.3, -0.25) is 0 Å². The third kappa shape index (κ3) is 2.94. The maximum atomic E-state index is 5.99. The summed E-state index contributed by atoms with van der Waals surface area (Å²) in [6.07, 6.45) is 1.49. The van der Waals surface area contributed by atoms with Gasteiger partial charge in [0, 0.05) is 6.20 Å². The predicted octanol–water partition coefficient (Wildman–Crippen LogP) is 2.55. The van der Waals surface area contributed by atoms with Gasteiger partial charge in [0.05, 0.1) is 16.6 Å². The van der Waals surface area contributed by atoms with Gasteiger partial charge in [-0.15, -0.1) is 0 Å². The molecule has 0 spiro atoms. The van der Waals surface area contributed by atoms with E-state index in [0.29, 0.717) is 34.0 Å². The maximum Gasteiger partial charge on any atom is 0.240 e. The van der Waals surface area contributed by atoms with Crippen LogP contribution < -0.4 is 5.32 Å². The molecule has 1 N–H and O–H groups in total. The van der Waals surface area contributed by atoms with E-state index in [4.69, 9.17) is 27.7 Å². The van der Waals surface area contributed by atoms with E-state index in [0.717, 1.165) is 6.54 Å². The second-order valence-electron chi connectivity index (χ2n) is 3.28. The monoisotopic (exact) mass is 272 g/mol. The Hall–Kier alpha value is -1.17. The van der Waals surface area contributed by atoms with Crippen molar-refractivity contribution in [2.75, 3.05) is 6.54 Å². The summed E-state index contributed by atoms with van der Waals surface area (Å²) < 4.78 is 5.05.